The molecule has 29 heavy (non-hydrogen) atoms. The summed E-state index contributed by atoms with van der Waals surface area (Å²) in [6, 6.07) is 9.97. The molecule has 1 N–H and O–H groups in total. The van der Waals surface area contributed by atoms with Gasteiger partial charge in [0.25, 0.3) is 5.91 Å². The first-order chi connectivity index (χ1) is 14.1. The minimum absolute atomic E-state index is 0.0972. The summed E-state index contributed by atoms with van der Waals surface area (Å²) in [5.74, 6) is 0.529. The highest BCUT2D eigenvalue weighted by Crippen LogP contribution is 2.41. The van der Waals surface area contributed by atoms with Crippen molar-refractivity contribution in [1.82, 2.24) is 9.88 Å². The first-order valence-electron chi connectivity index (χ1n) is 9.96. The lowest BCUT2D eigenvalue weighted by Gasteiger charge is -2.33. The number of carbonyl (C=O) groups excluding carboxylic acids is 2. The quantitative estimate of drug-likeness (QED) is 0.817. The Morgan fingerprint density at radius 1 is 1.21 bits per heavy atom. The molecular formula is C22H24ClN3O3. The van der Waals surface area contributed by atoms with Gasteiger partial charge in [-0.1, -0.05) is 30.5 Å². The van der Waals surface area contributed by atoms with Gasteiger partial charge in [-0.05, 0) is 49.4 Å². The van der Waals surface area contributed by atoms with Gasteiger partial charge in [0, 0.05) is 22.7 Å². The summed E-state index contributed by atoms with van der Waals surface area (Å²) in [7, 11) is 1.54. The van der Waals surface area contributed by atoms with Crippen molar-refractivity contribution in [1.29, 1.82) is 0 Å². The summed E-state index contributed by atoms with van der Waals surface area (Å²) in [5, 5.41) is 3.43. The second-order valence-electron chi connectivity index (χ2n) is 7.66. The number of ether oxygens (including phenoxy) is 1. The number of aromatic nitrogens is 1. The molecule has 2 heterocycles. The maximum atomic E-state index is 13.4. The summed E-state index contributed by atoms with van der Waals surface area (Å²) in [4.78, 5) is 32.4. The van der Waals surface area contributed by atoms with Gasteiger partial charge in [-0.3, -0.25) is 9.59 Å². The van der Waals surface area contributed by atoms with Gasteiger partial charge in [0.05, 0.1) is 19.0 Å². The molecule has 6 nitrogen and oxygen atoms in total. The molecular weight excluding hydrogens is 390 g/mol. The number of benzene rings is 1. The maximum Gasteiger partial charge on any atom is 0.254 e. The zero-order valence-corrected chi connectivity index (χ0v) is 17.1. The van der Waals surface area contributed by atoms with Crippen LogP contribution in [0.1, 0.15) is 42.5 Å². The van der Waals surface area contributed by atoms with E-state index in [2.05, 4.69) is 10.3 Å². The Morgan fingerprint density at radius 2 is 2.03 bits per heavy atom. The third-order valence-corrected chi connectivity index (χ3v) is 6.14. The van der Waals surface area contributed by atoms with Crippen LogP contribution in [-0.2, 0) is 4.79 Å². The summed E-state index contributed by atoms with van der Waals surface area (Å²) >= 11 is 6.10. The van der Waals surface area contributed by atoms with Crippen molar-refractivity contribution in [3.63, 3.8) is 0 Å². The molecule has 1 aliphatic carbocycles. The monoisotopic (exact) mass is 413 g/mol. The van der Waals surface area contributed by atoms with Crippen LogP contribution in [-0.4, -0.2) is 40.9 Å². The summed E-state index contributed by atoms with van der Waals surface area (Å²) in [6.07, 6.45) is 6.46. The largest absolute Gasteiger partial charge is 0.481 e. The van der Waals surface area contributed by atoms with Crippen molar-refractivity contribution < 1.29 is 14.3 Å². The summed E-state index contributed by atoms with van der Waals surface area (Å²) < 4.78 is 5.06. The third kappa shape index (κ3) is 4.08. The lowest BCUT2D eigenvalue weighted by molar-refractivity contribution is -0.120. The van der Waals surface area contributed by atoms with Crippen molar-refractivity contribution in [2.24, 2.45) is 5.92 Å². The Morgan fingerprint density at radius 3 is 2.76 bits per heavy atom. The third-order valence-electron chi connectivity index (χ3n) is 5.91. The highest BCUT2D eigenvalue weighted by Gasteiger charge is 2.47. The van der Waals surface area contributed by atoms with Crippen LogP contribution in [0.15, 0.2) is 42.6 Å². The zero-order chi connectivity index (χ0) is 20.4. The van der Waals surface area contributed by atoms with Gasteiger partial charge in [-0.2, -0.15) is 0 Å². The first-order valence-corrected chi connectivity index (χ1v) is 10.3. The number of carbonyl (C=O) groups is 2. The van der Waals surface area contributed by atoms with E-state index in [4.69, 9.17) is 16.3 Å². The number of methoxy groups -OCH3 is 1. The molecule has 0 spiro atoms. The Balaban J connectivity index is 1.58. The van der Waals surface area contributed by atoms with E-state index >= 15 is 0 Å². The molecule has 4 rings (SSSR count). The van der Waals surface area contributed by atoms with Crippen LogP contribution in [0.3, 0.4) is 0 Å². The number of fused-ring (bicyclic) bond motifs is 1. The van der Waals surface area contributed by atoms with Crippen molar-refractivity contribution in [3.05, 3.63) is 53.2 Å². The highest BCUT2D eigenvalue weighted by atomic mass is 35.5. The molecule has 7 heteroatoms. The highest BCUT2D eigenvalue weighted by molar-refractivity contribution is 6.31. The number of amides is 2. The van der Waals surface area contributed by atoms with E-state index in [-0.39, 0.29) is 17.9 Å². The van der Waals surface area contributed by atoms with Crippen molar-refractivity contribution in [3.8, 4) is 5.88 Å². The van der Waals surface area contributed by atoms with Crippen molar-refractivity contribution in [2.45, 2.75) is 44.2 Å². The topological polar surface area (TPSA) is 71.5 Å². The SMILES string of the molecule is COc1ccc(NC(=O)[C@@H]2C[C@H]3CCCC[C@H]3N2C(=O)c2cccc(Cl)c2)cn1. The zero-order valence-electron chi connectivity index (χ0n) is 16.3. The molecule has 2 aromatic rings. The number of nitrogens with zero attached hydrogens (tertiary/aromatic N) is 2. The molecule has 152 valence electrons. The number of likely N-dealkylation sites (tertiary alicyclic amines) is 1. The van der Waals surface area contributed by atoms with E-state index in [1.165, 1.54) is 0 Å². The van der Waals surface area contributed by atoms with E-state index in [0.29, 0.717) is 34.5 Å². The van der Waals surface area contributed by atoms with E-state index in [0.717, 1.165) is 25.7 Å². The Bertz CT molecular complexity index is 902. The first kappa shape index (κ1) is 19.7. The molecule has 1 saturated carbocycles. The number of pyridine rings is 1. The van der Waals surface area contributed by atoms with Crippen molar-refractivity contribution >= 4 is 29.1 Å². The second-order valence-corrected chi connectivity index (χ2v) is 8.10. The average Bonchev–Trinajstić information content (AvgIpc) is 3.13. The van der Waals surface area contributed by atoms with Gasteiger partial charge in [-0.25, -0.2) is 4.98 Å². The number of nitrogens with one attached hydrogen (secondary N) is 1. The molecule has 0 radical (unpaired) electrons. The Hall–Kier alpha value is -2.60. The predicted molar refractivity (Wildman–Crippen MR) is 111 cm³/mol. The lowest BCUT2D eigenvalue weighted by Crippen LogP contribution is -2.47. The summed E-state index contributed by atoms with van der Waals surface area (Å²) in [5.41, 5.74) is 1.11. The van der Waals surface area contributed by atoms with Crippen LogP contribution in [0, 0.1) is 5.92 Å². The van der Waals surface area contributed by atoms with Crippen LogP contribution in [0.4, 0.5) is 5.69 Å². The standard InChI is InChI=1S/C22H24ClN3O3/c1-29-20-10-9-17(13-24-20)25-21(27)19-12-14-5-2-3-8-18(14)26(19)22(28)15-6-4-7-16(23)11-15/h4,6-7,9-11,13-14,18-19H,2-3,5,8,12H2,1H3,(H,25,27)/t14-,18-,19+/m1/s1. The molecule has 2 aliphatic rings. The van der Waals surface area contributed by atoms with Crippen LogP contribution in [0.5, 0.6) is 5.88 Å². The smallest absolute Gasteiger partial charge is 0.254 e. The molecule has 1 aromatic carbocycles. The van der Waals surface area contributed by atoms with Gasteiger partial charge >= 0.3 is 0 Å². The lowest BCUT2D eigenvalue weighted by atomic mass is 9.84. The molecule has 2 fully saturated rings. The maximum absolute atomic E-state index is 13.4. The Labute approximate surface area is 175 Å². The number of halogens is 1. The van der Waals surface area contributed by atoms with E-state index in [9.17, 15) is 9.59 Å². The molecule has 2 amide bonds. The molecule has 1 saturated heterocycles. The number of rotatable bonds is 4. The summed E-state index contributed by atoms with van der Waals surface area (Å²) in [6.45, 7) is 0. The number of anilines is 1. The molecule has 0 bridgehead atoms. The average molecular weight is 414 g/mol. The van der Waals surface area contributed by atoms with Gasteiger partial charge in [-0.15, -0.1) is 0 Å². The van der Waals surface area contributed by atoms with Gasteiger partial charge < -0.3 is 15.0 Å². The number of hydrogen-bond donors (Lipinski definition) is 1. The van der Waals surface area contributed by atoms with Crippen LogP contribution in [0.2, 0.25) is 5.02 Å². The Kier molecular flexibility index (Phi) is 5.72. The van der Waals surface area contributed by atoms with E-state index < -0.39 is 6.04 Å². The van der Waals surface area contributed by atoms with Crippen LogP contribution >= 0.6 is 11.6 Å². The number of hydrogen-bond acceptors (Lipinski definition) is 4. The van der Waals surface area contributed by atoms with Crippen LogP contribution < -0.4 is 10.1 Å². The fourth-order valence-corrected chi connectivity index (χ4v) is 4.75. The van der Waals surface area contributed by atoms with Gasteiger partial charge in [0.1, 0.15) is 6.04 Å². The normalized spacial score (nSPS) is 23.4. The molecule has 1 aliphatic heterocycles. The predicted octanol–water partition coefficient (Wildman–Crippen LogP) is 4.16. The second kappa shape index (κ2) is 8.41. The fourth-order valence-electron chi connectivity index (χ4n) is 4.56. The van der Waals surface area contributed by atoms with Crippen molar-refractivity contribution in [2.75, 3.05) is 12.4 Å². The van der Waals surface area contributed by atoms with Gasteiger partial charge in [0.15, 0.2) is 0 Å². The molecule has 0 unspecified atom stereocenters. The minimum Gasteiger partial charge on any atom is -0.481 e. The molecule has 3 atom stereocenters. The van der Waals surface area contributed by atoms with Gasteiger partial charge in [0.2, 0.25) is 11.8 Å². The van der Waals surface area contributed by atoms with Crippen LogP contribution in [0.25, 0.3) is 0 Å². The fraction of sp³-hybridized carbons (Fsp3) is 0.409. The van der Waals surface area contributed by atoms with E-state index in [1.54, 1.807) is 54.6 Å². The minimum atomic E-state index is -0.503. The van der Waals surface area contributed by atoms with E-state index in [1.807, 2.05) is 0 Å². The molecule has 1 aromatic heterocycles.